The number of benzene rings is 2. The smallest absolute Gasteiger partial charge is 0.374 e. The summed E-state index contributed by atoms with van der Waals surface area (Å²) in [6.45, 7) is 3.81. The van der Waals surface area contributed by atoms with Crippen LogP contribution in [0.4, 0.5) is 22.0 Å². The SMILES string of the molecule is CC(=O)NC(C)(C)C(=O)N1CC(F)(c2ccc(C3=NOC(c4cc(Cl)c(F)c(Cl)c4)(C(F)(F)F)C3)cc2)C1. The van der Waals surface area contributed by atoms with Gasteiger partial charge in [0.1, 0.15) is 5.54 Å². The Kier molecular flexibility index (Phi) is 6.93. The number of amides is 2. The summed E-state index contributed by atoms with van der Waals surface area (Å²) in [5, 5.41) is 4.96. The first-order valence-electron chi connectivity index (χ1n) is 11.3. The van der Waals surface area contributed by atoms with Crippen LogP contribution in [0.5, 0.6) is 0 Å². The first-order valence-corrected chi connectivity index (χ1v) is 12.1. The van der Waals surface area contributed by atoms with E-state index in [4.69, 9.17) is 28.0 Å². The van der Waals surface area contributed by atoms with Gasteiger partial charge in [-0.1, -0.05) is 52.6 Å². The number of nitrogens with zero attached hydrogens (tertiary/aromatic N) is 2. The monoisotopic (exact) mass is 577 g/mol. The van der Waals surface area contributed by atoms with Crippen molar-refractivity contribution in [2.75, 3.05) is 13.1 Å². The van der Waals surface area contributed by atoms with Gasteiger partial charge in [-0.3, -0.25) is 9.59 Å². The van der Waals surface area contributed by atoms with Gasteiger partial charge in [0.25, 0.3) is 5.60 Å². The molecule has 204 valence electrons. The van der Waals surface area contributed by atoms with Gasteiger partial charge in [0.05, 0.1) is 28.8 Å². The quantitative estimate of drug-likeness (QED) is 0.369. The highest BCUT2D eigenvalue weighted by atomic mass is 35.5. The molecule has 0 aromatic heterocycles. The van der Waals surface area contributed by atoms with E-state index in [9.17, 15) is 27.2 Å². The lowest BCUT2D eigenvalue weighted by molar-refractivity contribution is -0.275. The normalized spacial score (nSPS) is 20.9. The fraction of sp³-hybridized carbons (Fsp3) is 0.400. The number of nitrogens with one attached hydrogen (secondary N) is 1. The standard InChI is InChI=1S/C25H22Cl2F5N3O3/c1-13(36)33-22(2,3)21(37)35-11-23(29,12-35)15-6-4-14(5-7-15)19-10-24(38-34-19,25(30,31)32)16-8-17(26)20(28)18(27)9-16/h4-9H,10-12H2,1-3H3,(H,33,36). The van der Waals surface area contributed by atoms with Crippen LogP contribution in [-0.4, -0.2) is 47.2 Å². The minimum atomic E-state index is -4.96. The summed E-state index contributed by atoms with van der Waals surface area (Å²) in [4.78, 5) is 30.2. The third kappa shape index (κ3) is 4.82. The van der Waals surface area contributed by atoms with Crippen LogP contribution in [0.15, 0.2) is 41.6 Å². The lowest BCUT2D eigenvalue weighted by Crippen LogP contribution is -2.65. The second-order valence-corrected chi connectivity index (χ2v) is 10.7. The van der Waals surface area contributed by atoms with Crippen molar-refractivity contribution in [2.24, 2.45) is 5.16 Å². The minimum Gasteiger partial charge on any atom is -0.374 e. The zero-order valence-electron chi connectivity index (χ0n) is 20.4. The second kappa shape index (κ2) is 9.37. The zero-order valence-corrected chi connectivity index (χ0v) is 21.9. The van der Waals surface area contributed by atoms with Crippen molar-refractivity contribution >= 4 is 40.7 Å². The summed E-state index contributed by atoms with van der Waals surface area (Å²) in [5.74, 6) is -1.90. The molecule has 2 amide bonds. The molecule has 1 N–H and O–H groups in total. The van der Waals surface area contributed by atoms with Gasteiger partial charge in [-0.15, -0.1) is 0 Å². The molecule has 0 spiro atoms. The Morgan fingerprint density at radius 1 is 1.05 bits per heavy atom. The molecule has 1 unspecified atom stereocenters. The van der Waals surface area contributed by atoms with Crippen LogP contribution in [0.25, 0.3) is 0 Å². The number of hydrogen-bond donors (Lipinski definition) is 1. The molecule has 4 rings (SSSR count). The molecule has 0 aliphatic carbocycles. The Hall–Kier alpha value is -2.92. The van der Waals surface area contributed by atoms with Gasteiger partial charge in [-0.05, 0) is 37.1 Å². The number of rotatable bonds is 5. The predicted octanol–water partition coefficient (Wildman–Crippen LogP) is 5.64. The molecule has 2 aromatic carbocycles. The number of alkyl halides is 4. The van der Waals surface area contributed by atoms with Crippen molar-refractivity contribution in [2.45, 2.75) is 50.2 Å². The topological polar surface area (TPSA) is 71.0 Å². The molecule has 0 radical (unpaired) electrons. The van der Waals surface area contributed by atoms with Crippen molar-refractivity contribution in [3.8, 4) is 0 Å². The van der Waals surface area contributed by atoms with Crippen LogP contribution < -0.4 is 5.32 Å². The zero-order chi connectivity index (χ0) is 28.3. The molecule has 1 fully saturated rings. The average Bonchev–Trinajstić information content (AvgIpc) is 3.26. The average molecular weight is 578 g/mol. The fourth-order valence-corrected chi connectivity index (χ4v) is 5.07. The van der Waals surface area contributed by atoms with Crippen molar-refractivity contribution in [1.29, 1.82) is 0 Å². The summed E-state index contributed by atoms with van der Waals surface area (Å²) < 4.78 is 71.9. The number of hydrogen-bond acceptors (Lipinski definition) is 4. The Balaban J connectivity index is 1.51. The minimum absolute atomic E-state index is 0.0687. The van der Waals surface area contributed by atoms with Gasteiger partial charge >= 0.3 is 6.18 Å². The summed E-state index contributed by atoms with van der Waals surface area (Å²) in [6, 6.07) is 7.20. The maximum Gasteiger partial charge on any atom is 0.435 e. The van der Waals surface area contributed by atoms with Gasteiger partial charge in [0, 0.05) is 18.9 Å². The summed E-state index contributed by atoms with van der Waals surface area (Å²) in [7, 11) is 0. The Morgan fingerprint density at radius 2 is 1.61 bits per heavy atom. The van der Waals surface area contributed by atoms with E-state index < -0.39 is 62.6 Å². The molecule has 0 bridgehead atoms. The van der Waals surface area contributed by atoms with Gasteiger partial charge < -0.3 is 15.1 Å². The maximum atomic E-state index is 15.5. The van der Waals surface area contributed by atoms with E-state index >= 15 is 4.39 Å². The molecule has 13 heteroatoms. The number of halogens is 7. The van der Waals surface area contributed by atoms with E-state index in [2.05, 4.69) is 10.5 Å². The van der Waals surface area contributed by atoms with Crippen molar-refractivity contribution < 1.29 is 36.4 Å². The predicted molar refractivity (Wildman–Crippen MR) is 130 cm³/mol. The fourth-order valence-electron chi connectivity index (χ4n) is 4.58. The highest BCUT2D eigenvalue weighted by Gasteiger charge is 2.62. The van der Waals surface area contributed by atoms with Gasteiger partial charge in [0.2, 0.25) is 11.8 Å². The first kappa shape index (κ1) is 28.1. The maximum absolute atomic E-state index is 15.5. The van der Waals surface area contributed by atoms with E-state index in [1.807, 2.05) is 0 Å². The van der Waals surface area contributed by atoms with E-state index in [0.717, 1.165) is 12.1 Å². The van der Waals surface area contributed by atoms with Crippen molar-refractivity contribution in [3.63, 3.8) is 0 Å². The third-order valence-corrected chi connectivity index (χ3v) is 7.12. The van der Waals surface area contributed by atoms with Gasteiger partial charge in [-0.2, -0.15) is 13.2 Å². The molecule has 2 aromatic rings. The van der Waals surface area contributed by atoms with Crippen LogP contribution in [-0.2, 0) is 25.7 Å². The van der Waals surface area contributed by atoms with Crippen LogP contribution >= 0.6 is 23.2 Å². The number of likely N-dealkylation sites (tertiary alicyclic amines) is 1. The molecule has 6 nitrogen and oxygen atoms in total. The molecule has 1 atom stereocenters. The molecule has 2 aliphatic heterocycles. The number of carbonyl (C=O) groups is 2. The third-order valence-electron chi connectivity index (χ3n) is 6.56. The summed E-state index contributed by atoms with van der Waals surface area (Å²) >= 11 is 11.4. The first-order chi connectivity index (χ1) is 17.5. The molecule has 1 saturated heterocycles. The van der Waals surface area contributed by atoms with Gasteiger partial charge in [-0.25, -0.2) is 8.78 Å². The second-order valence-electron chi connectivity index (χ2n) is 9.89. The van der Waals surface area contributed by atoms with Crippen molar-refractivity contribution in [1.82, 2.24) is 10.2 Å². The Bertz CT molecular complexity index is 1300. The van der Waals surface area contributed by atoms with Crippen LogP contribution in [0.2, 0.25) is 10.0 Å². The highest BCUT2D eigenvalue weighted by molar-refractivity contribution is 6.35. The van der Waals surface area contributed by atoms with E-state index in [1.54, 1.807) is 0 Å². The lowest BCUT2D eigenvalue weighted by atomic mass is 9.84. The summed E-state index contributed by atoms with van der Waals surface area (Å²) in [5.41, 5.74) is -6.13. The lowest BCUT2D eigenvalue weighted by Gasteiger charge is -2.47. The molecule has 38 heavy (non-hydrogen) atoms. The Morgan fingerprint density at radius 3 is 2.11 bits per heavy atom. The van der Waals surface area contributed by atoms with E-state index in [1.165, 1.54) is 49.9 Å². The number of oxime groups is 1. The number of carbonyl (C=O) groups excluding carboxylic acids is 2. The molecule has 2 heterocycles. The van der Waals surface area contributed by atoms with E-state index in [-0.39, 0.29) is 29.9 Å². The van der Waals surface area contributed by atoms with Gasteiger partial charge in [0.15, 0.2) is 11.5 Å². The molecule has 0 saturated carbocycles. The molecule has 2 aliphatic rings. The largest absolute Gasteiger partial charge is 0.435 e. The van der Waals surface area contributed by atoms with Crippen LogP contribution in [0, 0.1) is 5.82 Å². The van der Waals surface area contributed by atoms with Crippen molar-refractivity contribution in [3.05, 3.63) is 69.0 Å². The molecular formula is C25H22Cl2F5N3O3. The molecular weight excluding hydrogens is 556 g/mol. The van der Waals surface area contributed by atoms with Crippen LogP contribution in [0.3, 0.4) is 0 Å². The van der Waals surface area contributed by atoms with E-state index in [0.29, 0.717) is 0 Å². The van der Waals surface area contributed by atoms with Crippen LogP contribution in [0.1, 0.15) is 43.9 Å². The summed E-state index contributed by atoms with van der Waals surface area (Å²) in [6.07, 6.45) is -5.71. The Labute approximate surface area is 224 Å². The highest BCUT2D eigenvalue weighted by Crippen LogP contribution is 2.50.